The molecule has 1 aromatic heterocycles. The van der Waals surface area contributed by atoms with Gasteiger partial charge < -0.3 is 98.0 Å². The first-order valence-electron chi connectivity index (χ1n) is 19.7. The zero-order valence-electron chi connectivity index (χ0n) is 35.8. The normalized spacial score (nSPS) is 13.6. The summed E-state index contributed by atoms with van der Waals surface area (Å²) in [6, 6.07) is 21.5. The van der Waals surface area contributed by atoms with E-state index in [9.17, 15) is 38.7 Å². The second-order valence-corrected chi connectivity index (χ2v) is 14.1. The van der Waals surface area contributed by atoms with Crippen LogP contribution in [-0.2, 0) is 33.6 Å². The van der Waals surface area contributed by atoms with E-state index in [1.807, 2.05) is 21.3 Å². The summed E-state index contributed by atoms with van der Waals surface area (Å²) in [6.45, 7) is 0. The molecule has 7 atom stereocenters. The maximum atomic E-state index is 14.1. The van der Waals surface area contributed by atoms with Crippen LogP contribution in [0.25, 0.3) is 22.3 Å². The van der Waals surface area contributed by atoms with Crippen molar-refractivity contribution < 1.29 is 38.7 Å². The molecule has 31 heteroatoms. The van der Waals surface area contributed by atoms with E-state index >= 15 is 0 Å². The van der Waals surface area contributed by atoms with Gasteiger partial charge in [-0.05, 0) is 17.7 Å². The van der Waals surface area contributed by atoms with E-state index in [0.717, 1.165) is 0 Å². The zero-order chi connectivity index (χ0) is 50.9. The van der Waals surface area contributed by atoms with E-state index < -0.39 is 108 Å². The molecule has 0 saturated carbocycles. The zero-order valence-corrected chi connectivity index (χ0v) is 35.8. The molecular weight excluding hydrogens is 907 g/mol. The highest BCUT2D eigenvalue weighted by Crippen LogP contribution is 2.25. The number of primary amides is 1. The van der Waals surface area contributed by atoms with Crippen LogP contribution in [0.3, 0.4) is 0 Å². The fraction of sp³-hybridized carbons (Fsp3) is 0.184. The van der Waals surface area contributed by atoms with Crippen LogP contribution in [-0.4, -0.2) is 117 Å². The predicted molar refractivity (Wildman–Crippen MR) is 245 cm³/mol. The fourth-order valence-corrected chi connectivity index (χ4v) is 5.77. The van der Waals surface area contributed by atoms with Gasteiger partial charge >= 0.3 is 0 Å². The molecule has 7 unspecified atom stereocenters. The number of para-hydroxylation sites is 1. The third-order valence-corrected chi connectivity index (χ3v) is 8.84. The Balaban J connectivity index is 1.56. The van der Waals surface area contributed by atoms with E-state index in [1.165, 1.54) is 24.3 Å². The standard InChI is InChI=1S/C38H49N23O8/c39-20(21(40)62)51-29(64)24(58-35(41)42)55-31(66)26(60-37(45)46)57-32(67)27(61-38(47)48)56-30(65)25(59-36(43)44)54-28(63)19(15-9-3-1-4-10-15)50-33(68)34(69)53-23-17-13-7-8-14-18(17)49-22(52-23)16-11-5-2-6-12-16/h1-14,19-20,24-27,34,69H,39H2,(H2,40,62)(H,50,68)(H,51,64)(H,54,63)(H,55,66)(H,56,65)(H,57,67)(H4,41,42,58)(H4,43,44,59)(H4,45,46,60)(H4,47,48,61)(H,49,52,53). The summed E-state index contributed by atoms with van der Waals surface area (Å²) in [6.07, 6.45) is -12.1. The summed E-state index contributed by atoms with van der Waals surface area (Å²) in [4.78, 5) is 102. The largest absolute Gasteiger partial charge is 0.370 e. The highest BCUT2D eigenvalue weighted by Gasteiger charge is 2.35. The molecule has 0 fully saturated rings. The van der Waals surface area contributed by atoms with Crippen LogP contribution in [0.15, 0.2) is 84.9 Å². The van der Waals surface area contributed by atoms with Crippen molar-refractivity contribution in [2.75, 3.05) is 5.32 Å². The number of fused-ring (bicyclic) bond motifs is 1. The number of amides is 7. The number of carbonyl (C=O) groups excluding carboxylic acids is 7. The minimum Gasteiger partial charge on any atom is -0.370 e. The number of aliphatic hydroxyl groups is 1. The number of rotatable bonds is 21. The van der Waals surface area contributed by atoms with Gasteiger partial charge in [0.1, 0.15) is 11.9 Å². The first-order valence-corrected chi connectivity index (χ1v) is 19.7. The molecule has 0 bridgehead atoms. The highest BCUT2D eigenvalue weighted by molar-refractivity contribution is 6.00. The van der Waals surface area contributed by atoms with Gasteiger partial charge in [-0.25, -0.2) is 9.97 Å². The van der Waals surface area contributed by atoms with Crippen molar-refractivity contribution in [2.45, 2.75) is 43.1 Å². The van der Waals surface area contributed by atoms with Crippen LogP contribution in [0, 0.1) is 21.6 Å². The monoisotopic (exact) mass is 955 g/mol. The fourth-order valence-electron chi connectivity index (χ4n) is 5.77. The molecule has 31 nitrogen and oxygen atoms in total. The minimum absolute atomic E-state index is 0.0656. The average molecular weight is 956 g/mol. The lowest BCUT2D eigenvalue weighted by Gasteiger charge is -2.28. The van der Waals surface area contributed by atoms with Crippen molar-refractivity contribution in [1.29, 1.82) is 21.6 Å². The quantitative estimate of drug-likeness (QED) is 0.0209. The lowest BCUT2D eigenvalue weighted by Crippen LogP contribution is -2.69. The molecule has 7 amide bonds. The van der Waals surface area contributed by atoms with Crippen LogP contribution < -0.4 is 92.9 Å². The Morgan fingerprint density at radius 3 is 1.33 bits per heavy atom. The van der Waals surface area contributed by atoms with Crippen LogP contribution in [0.4, 0.5) is 5.82 Å². The Morgan fingerprint density at radius 2 is 0.884 bits per heavy atom. The van der Waals surface area contributed by atoms with E-state index in [-0.39, 0.29) is 17.2 Å². The number of hydrogen-bond acceptors (Lipinski definition) is 16. The van der Waals surface area contributed by atoms with Crippen molar-refractivity contribution >= 4 is 81.9 Å². The number of aromatic nitrogens is 2. The molecule has 4 aromatic rings. The van der Waals surface area contributed by atoms with E-state index in [4.69, 9.17) is 56.0 Å². The van der Waals surface area contributed by atoms with Gasteiger partial charge in [0.25, 0.3) is 35.4 Å². The number of hydrogen-bond donors (Lipinski definition) is 22. The lowest BCUT2D eigenvalue weighted by atomic mass is 10.1. The van der Waals surface area contributed by atoms with Crippen LogP contribution in [0.2, 0.25) is 0 Å². The molecule has 0 aliphatic rings. The van der Waals surface area contributed by atoms with Gasteiger partial charge in [-0.15, -0.1) is 0 Å². The van der Waals surface area contributed by atoms with Gasteiger partial charge in [0.15, 0.2) is 60.5 Å². The molecule has 0 saturated heterocycles. The highest BCUT2D eigenvalue weighted by atomic mass is 16.3. The number of benzene rings is 3. The number of guanidine groups is 4. The Morgan fingerprint density at radius 1 is 0.478 bits per heavy atom. The number of nitrogens with one attached hydrogen (secondary N) is 15. The van der Waals surface area contributed by atoms with Crippen molar-refractivity contribution in [3.8, 4) is 11.4 Å². The third kappa shape index (κ3) is 15.4. The molecule has 69 heavy (non-hydrogen) atoms. The van der Waals surface area contributed by atoms with Crippen molar-refractivity contribution in [2.24, 2.45) is 34.4 Å². The first-order chi connectivity index (χ1) is 32.6. The Labute approximate surface area is 389 Å². The molecule has 364 valence electrons. The van der Waals surface area contributed by atoms with Crippen molar-refractivity contribution in [3.05, 3.63) is 90.5 Å². The second kappa shape index (κ2) is 23.9. The lowest BCUT2D eigenvalue weighted by molar-refractivity contribution is -0.136. The molecule has 0 aliphatic heterocycles. The van der Waals surface area contributed by atoms with Gasteiger partial charge in [0.2, 0.25) is 12.1 Å². The molecule has 4 rings (SSSR count). The summed E-state index contributed by atoms with van der Waals surface area (Å²) >= 11 is 0. The molecule has 0 aliphatic carbocycles. The van der Waals surface area contributed by atoms with Crippen LogP contribution >= 0.6 is 0 Å². The molecule has 28 N–H and O–H groups in total. The number of carbonyl (C=O) groups is 7. The number of aliphatic hydroxyl groups excluding tert-OH is 1. The number of nitrogens with zero attached hydrogens (tertiary/aromatic N) is 2. The minimum atomic E-state index is -2.14. The van der Waals surface area contributed by atoms with Crippen molar-refractivity contribution in [3.63, 3.8) is 0 Å². The summed E-state index contributed by atoms with van der Waals surface area (Å²) in [7, 11) is 0. The molecule has 0 radical (unpaired) electrons. The smallest absolute Gasteiger partial charge is 0.270 e. The number of nitrogens with two attached hydrogens (primary N) is 6. The van der Waals surface area contributed by atoms with Gasteiger partial charge in [0.05, 0.1) is 5.52 Å². The SMILES string of the molecule is N=C(N)NC(NC(=O)C(NC(=N)N)NC(=O)C(NC(=N)N)NC(=O)C(NC(=N)N)NC(=O)C(NC(=O)C(O)Nc1nc(-c2ccccc2)nc2ccccc12)c1ccccc1)C(=O)NC(N)C(N)=O. The van der Waals surface area contributed by atoms with Gasteiger partial charge in [-0.2, -0.15) is 0 Å². The van der Waals surface area contributed by atoms with Gasteiger partial charge in [-0.1, -0.05) is 72.8 Å². The van der Waals surface area contributed by atoms with Crippen LogP contribution in [0.5, 0.6) is 0 Å². The summed E-state index contributed by atoms with van der Waals surface area (Å²) in [5.74, 6) is -12.3. The average Bonchev–Trinajstić information content (AvgIpc) is 3.29. The topological polar surface area (TPSA) is 549 Å². The maximum absolute atomic E-state index is 14.1. The molecule has 3 aromatic carbocycles. The Bertz CT molecular complexity index is 2600. The molecule has 1 heterocycles. The van der Waals surface area contributed by atoms with E-state index in [1.54, 1.807) is 60.7 Å². The molecular formula is C38H49N23O8. The Hall–Kier alpha value is -9.91. The Kier molecular flexibility index (Phi) is 17.9. The third-order valence-electron chi connectivity index (χ3n) is 8.84. The van der Waals surface area contributed by atoms with E-state index in [0.29, 0.717) is 16.5 Å². The molecule has 0 spiro atoms. The van der Waals surface area contributed by atoms with E-state index in [2.05, 4.69) is 47.2 Å². The maximum Gasteiger partial charge on any atom is 0.270 e. The predicted octanol–water partition coefficient (Wildman–Crippen LogP) is -7.53. The van der Waals surface area contributed by atoms with Gasteiger partial charge in [-0.3, -0.25) is 55.2 Å². The first kappa shape index (κ1) is 51.7. The number of anilines is 1. The van der Waals surface area contributed by atoms with Gasteiger partial charge in [0, 0.05) is 10.9 Å². The summed E-state index contributed by atoms with van der Waals surface area (Å²) in [5, 5.41) is 66.0. The van der Waals surface area contributed by atoms with Crippen LogP contribution in [0.1, 0.15) is 11.6 Å². The second-order valence-electron chi connectivity index (χ2n) is 14.1. The summed E-state index contributed by atoms with van der Waals surface area (Å²) in [5.41, 5.74) is 33.4. The van der Waals surface area contributed by atoms with Crippen molar-refractivity contribution in [1.82, 2.24) is 63.1 Å². The summed E-state index contributed by atoms with van der Waals surface area (Å²) < 4.78 is 0.